The van der Waals surface area contributed by atoms with Gasteiger partial charge in [-0.3, -0.25) is 4.79 Å². The first-order valence-corrected chi connectivity index (χ1v) is 5.93. The van der Waals surface area contributed by atoms with Crippen molar-refractivity contribution in [3.8, 4) is 5.75 Å². The number of aliphatic hydroxyl groups excluding tert-OH is 1. The number of benzene rings is 1. The molecule has 1 aromatic carbocycles. The van der Waals surface area contributed by atoms with E-state index in [9.17, 15) is 9.90 Å². The number of aldehydes is 1. The minimum Gasteiger partial charge on any atom is -0.490 e. The molecule has 0 bridgehead atoms. The fraction of sp³-hybridized carbons (Fsp3) is 0.417. The van der Waals surface area contributed by atoms with Crippen molar-refractivity contribution < 1.29 is 19.4 Å². The molecule has 0 heterocycles. The first kappa shape index (κ1) is 14.2. The molecule has 17 heavy (non-hydrogen) atoms. The molecule has 4 nitrogen and oxygen atoms in total. The van der Waals surface area contributed by atoms with Crippen LogP contribution in [0.25, 0.3) is 0 Å². The lowest BCUT2D eigenvalue weighted by atomic mass is 10.1. The van der Waals surface area contributed by atoms with Crippen LogP contribution in [0.5, 0.6) is 5.75 Å². The van der Waals surface area contributed by atoms with E-state index in [-0.39, 0.29) is 13.2 Å². The van der Waals surface area contributed by atoms with Crippen molar-refractivity contribution in [2.75, 3.05) is 20.3 Å². The predicted molar refractivity (Wildman–Crippen MR) is 67.6 cm³/mol. The van der Waals surface area contributed by atoms with Crippen LogP contribution in [0.3, 0.4) is 0 Å². The number of aliphatic hydroxyl groups is 1. The van der Waals surface area contributed by atoms with Gasteiger partial charge in [0.25, 0.3) is 0 Å². The fourth-order valence-electron chi connectivity index (χ4n) is 1.46. The zero-order chi connectivity index (χ0) is 12.8. The quantitative estimate of drug-likeness (QED) is 0.816. The highest BCUT2D eigenvalue weighted by molar-refractivity contribution is 9.10. The van der Waals surface area contributed by atoms with Crippen LogP contribution in [0.1, 0.15) is 15.9 Å². The van der Waals surface area contributed by atoms with Crippen molar-refractivity contribution in [2.24, 2.45) is 0 Å². The van der Waals surface area contributed by atoms with Gasteiger partial charge in [0, 0.05) is 11.6 Å². The highest BCUT2D eigenvalue weighted by Crippen LogP contribution is 2.26. The lowest BCUT2D eigenvalue weighted by molar-refractivity contribution is 0.0322. The van der Waals surface area contributed by atoms with Crippen LogP contribution in [-0.2, 0) is 4.74 Å². The van der Waals surface area contributed by atoms with Crippen LogP contribution >= 0.6 is 15.9 Å². The number of methoxy groups -OCH3 is 1. The maximum absolute atomic E-state index is 10.9. The molecule has 0 fully saturated rings. The Morgan fingerprint density at radius 1 is 1.47 bits per heavy atom. The van der Waals surface area contributed by atoms with Gasteiger partial charge in [0.05, 0.1) is 12.2 Å². The van der Waals surface area contributed by atoms with E-state index < -0.39 is 6.10 Å². The lowest BCUT2D eigenvalue weighted by Gasteiger charge is -2.15. The summed E-state index contributed by atoms with van der Waals surface area (Å²) in [6.45, 7) is 2.14. The second-order valence-corrected chi connectivity index (χ2v) is 4.59. The van der Waals surface area contributed by atoms with Gasteiger partial charge < -0.3 is 14.6 Å². The summed E-state index contributed by atoms with van der Waals surface area (Å²) in [5.74, 6) is 0.498. The molecule has 5 heteroatoms. The normalized spacial score (nSPS) is 12.2. The van der Waals surface area contributed by atoms with Crippen LogP contribution in [0.2, 0.25) is 0 Å². The van der Waals surface area contributed by atoms with Crippen LogP contribution in [-0.4, -0.2) is 37.8 Å². The minimum absolute atomic E-state index is 0.0944. The fourth-order valence-corrected chi connectivity index (χ4v) is 2.05. The summed E-state index contributed by atoms with van der Waals surface area (Å²) < 4.78 is 11.1. The molecule has 0 aromatic heterocycles. The van der Waals surface area contributed by atoms with E-state index in [2.05, 4.69) is 15.9 Å². The number of carbonyl (C=O) groups is 1. The zero-order valence-electron chi connectivity index (χ0n) is 9.77. The first-order chi connectivity index (χ1) is 8.08. The number of halogens is 1. The monoisotopic (exact) mass is 302 g/mol. The summed E-state index contributed by atoms with van der Waals surface area (Å²) in [5.41, 5.74) is 1.30. The standard InChI is InChI=1S/C12H15BrO4/c1-8-3-10(13)4-9(5-14)12(8)17-7-11(15)6-16-2/h3-5,11,15H,6-7H2,1-2H3. The predicted octanol–water partition coefficient (Wildman–Crippen LogP) is 1.96. The molecular weight excluding hydrogens is 288 g/mol. The molecule has 0 aliphatic rings. The molecule has 1 aromatic rings. The van der Waals surface area contributed by atoms with E-state index in [0.29, 0.717) is 11.3 Å². The third-order valence-electron chi connectivity index (χ3n) is 2.17. The van der Waals surface area contributed by atoms with Crippen molar-refractivity contribution in [1.29, 1.82) is 0 Å². The van der Waals surface area contributed by atoms with E-state index in [1.165, 1.54) is 7.11 Å². The van der Waals surface area contributed by atoms with Crippen LogP contribution in [0.15, 0.2) is 16.6 Å². The Kier molecular flexibility index (Phi) is 5.61. The van der Waals surface area contributed by atoms with Crippen molar-refractivity contribution in [1.82, 2.24) is 0 Å². The smallest absolute Gasteiger partial charge is 0.153 e. The molecule has 0 amide bonds. The van der Waals surface area contributed by atoms with Gasteiger partial charge in [0.2, 0.25) is 0 Å². The van der Waals surface area contributed by atoms with Gasteiger partial charge >= 0.3 is 0 Å². The number of carbonyl (C=O) groups excluding carboxylic acids is 1. The number of rotatable bonds is 6. The SMILES string of the molecule is COCC(O)COc1c(C)cc(Br)cc1C=O. The molecule has 0 aliphatic heterocycles. The summed E-state index contributed by atoms with van der Waals surface area (Å²) >= 11 is 3.31. The summed E-state index contributed by atoms with van der Waals surface area (Å²) in [4.78, 5) is 10.9. The summed E-state index contributed by atoms with van der Waals surface area (Å²) in [6.07, 6.45) is 0.0260. The van der Waals surface area contributed by atoms with E-state index >= 15 is 0 Å². The molecule has 1 rings (SSSR count). The molecular formula is C12H15BrO4. The first-order valence-electron chi connectivity index (χ1n) is 5.13. The van der Waals surface area contributed by atoms with Crippen molar-refractivity contribution in [3.05, 3.63) is 27.7 Å². The summed E-state index contributed by atoms with van der Waals surface area (Å²) in [7, 11) is 1.50. The third kappa shape index (κ3) is 4.11. The highest BCUT2D eigenvalue weighted by atomic mass is 79.9. The summed E-state index contributed by atoms with van der Waals surface area (Å²) in [6, 6.07) is 3.53. The van der Waals surface area contributed by atoms with Gasteiger partial charge in [-0.1, -0.05) is 15.9 Å². The zero-order valence-corrected chi connectivity index (χ0v) is 11.4. The second kappa shape index (κ2) is 6.74. The Labute approximate surface area is 109 Å². The minimum atomic E-state index is -0.706. The molecule has 0 aliphatic carbocycles. The maximum atomic E-state index is 10.9. The van der Waals surface area contributed by atoms with Gasteiger partial charge in [-0.15, -0.1) is 0 Å². The molecule has 1 unspecified atom stereocenters. The van der Waals surface area contributed by atoms with Crippen molar-refractivity contribution >= 4 is 22.2 Å². The highest BCUT2D eigenvalue weighted by Gasteiger charge is 2.11. The molecule has 1 N–H and O–H groups in total. The van der Waals surface area contributed by atoms with Gasteiger partial charge in [0.1, 0.15) is 18.5 Å². The Balaban J connectivity index is 2.79. The maximum Gasteiger partial charge on any atom is 0.153 e. The lowest BCUT2D eigenvalue weighted by Crippen LogP contribution is -2.23. The largest absolute Gasteiger partial charge is 0.490 e. The van der Waals surface area contributed by atoms with Gasteiger partial charge in [-0.05, 0) is 24.6 Å². The average molecular weight is 303 g/mol. The van der Waals surface area contributed by atoms with Gasteiger partial charge in [0.15, 0.2) is 6.29 Å². The summed E-state index contributed by atoms with van der Waals surface area (Å²) in [5, 5.41) is 9.47. The Morgan fingerprint density at radius 3 is 2.76 bits per heavy atom. The molecule has 1 atom stereocenters. The molecule has 0 spiro atoms. The van der Waals surface area contributed by atoms with Gasteiger partial charge in [-0.25, -0.2) is 0 Å². The van der Waals surface area contributed by atoms with E-state index in [0.717, 1.165) is 16.3 Å². The van der Waals surface area contributed by atoms with Gasteiger partial charge in [-0.2, -0.15) is 0 Å². The van der Waals surface area contributed by atoms with Crippen LogP contribution < -0.4 is 4.74 Å². The molecule has 0 saturated heterocycles. The second-order valence-electron chi connectivity index (χ2n) is 3.68. The van der Waals surface area contributed by atoms with E-state index in [1.807, 2.05) is 13.0 Å². The van der Waals surface area contributed by atoms with E-state index in [1.54, 1.807) is 6.07 Å². The number of hydrogen-bond acceptors (Lipinski definition) is 4. The number of ether oxygens (including phenoxy) is 2. The average Bonchev–Trinajstić information content (AvgIpc) is 2.27. The molecule has 0 radical (unpaired) electrons. The Bertz CT molecular complexity index is 392. The third-order valence-corrected chi connectivity index (χ3v) is 2.63. The molecule has 94 valence electrons. The van der Waals surface area contributed by atoms with Crippen LogP contribution in [0, 0.1) is 6.92 Å². The van der Waals surface area contributed by atoms with Crippen LogP contribution in [0.4, 0.5) is 0 Å². The van der Waals surface area contributed by atoms with Crippen molar-refractivity contribution in [3.63, 3.8) is 0 Å². The number of hydrogen-bond donors (Lipinski definition) is 1. The van der Waals surface area contributed by atoms with Crippen molar-refractivity contribution in [2.45, 2.75) is 13.0 Å². The molecule has 0 saturated carbocycles. The topological polar surface area (TPSA) is 55.8 Å². The number of aryl methyl sites for hydroxylation is 1. The Hall–Kier alpha value is -0.910. The Morgan fingerprint density at radius 2 is 2.18 bits per heavy atom. The van der Waals surface area contributed by atoms with E-state index in [4.69, 9.17) is 9.47 Å².